The van der Waals surface area contributed by atoms with Crippen molar-refractivity contribution in [1.29, 1.82) is 0 Å². The molecule has 0 amide bonds. The zero-order valence-electron chi connectivity index (χ0n) is 22.4. The van der Waals surface area contributed by atoms with Crippen molar-refractivity contribution < 1.29 is 39.5 Å². The Morgan fingerprint density at radius 3 is 1.55 bits per heavy atom. The summed E-state index contributed by atoms with van der Waals surface area (Å²) in [5, 5.41) is 42.9. The maximum atomic E-state index is 13.2. The molecule has 0 spiro atoms. The van der Waals surface area contributed by atoms with Crippen LogP contribution in [0.1, 0.15) is 22.3 Å². The second-order valence-corrected chi connectivity index (χ2v) is 9.74. The van der Waals surface area contributed by atoms with Crippen molar-refractivity contribution in [1.82, 2.24) is 0 Å². The van der Waals surface area contributed by atoms with Crippen LogP contribution >= 0.6 is 0 Å². The fourth-order valence-corrected chi connectivity index (χ4v) is 4.79. The molecule has 2 atom stereocenters. The number of esters is 2. The molecule has 1 aliphatic carbocycles. The Kier molecular flexibility index (Phi) is 8.36. The third kappa shape index (κ3) is 6.35. The van der Waals surface area contributed by atoms with Gasteiger partial charge in [-0.2, -0.15) is 0 Å². The maximum absolute atomic E-state index is 13.2. The second kappa shape index (κ2) is 12.4. The summed E-state index contributed by atoms with van der Waals surface area (Å²) in [4.78, 5) is 26.3. The Morgan fingerprint density at radius 1 is 0.595 bits per heavy atom. The number of carbonyl (C=O) groups is 2. The SMILES string of the molecule is O=C(Cc1ccccc1)OC1=C(c2ccc(O)cc2)C(OC(=O)Cc2ccccc2)C(O)=C(c2ccc(O)cc2)C1O. The molecule has 0 saturated carbocycles. The van der Waals surface area contributed by atoms with Crippen LogP contribution in [0.2, 0.25) is 0 Å². The van der Waals surface area contributed by atoms with E-state index in [-0.39, 0.29) is 41.2 Å². The van der Waals surface area contributed by atoms with Gasteiger partial charge in [-0.3, -0.25) is 9.59 Å². The molecule has 2 unspecified atom stereocenters. The molecule has 212 valence electrons. The first-order valence-corrected chi connectivity index (χ1v) is 13.2. The van der Waals surface area contributed by atoms with Crippen molar-refractivity contribution in [2.24, 2.45) is 0 Å². The van der Waals surface area contributed by atoms with E-state index in [2.05, 4.69) is 0 Å². The highest BCUT2D eigenvalue weighted by molar-refractivity contribution is 5.90. The van der Waals surface area contributed by atoms with Crippen molar-refractivity contribution >= 4 is 23.1 Å². The Bertz CT molecular complexity index is 1620. The molecule has 4 aromatic carbocycles. The fraction of sp³-hybridized carbons (Fsp3) is 0.118. The van der Waals surface area contributed by atoms with E-state index in [1.807, 2.05) is 12.1 Å². The number of hydrogen-bond donors (Lipinski definition) is 4. The van der Waals surface area contributed by atoms with Crippen LogP contribution in [0.25, 0.3) is 11.1 Å². The molecule has 0 heterocycles. The number of hydrogen-bond acceptors (Lipinski definition) is 8. The molecule has 0 saturated heterocycles. The summed E-state index contributed by atoms with van der Waals surface area (Å²) in [5.74, 6) is -2.15. The Labute approximate surface area is 242 Å². The van der Waals surface area contributed by atoms with E-state index in [0.29, 0.717) is 22.3 Å². The van der Waals surface area contributed by atoms with Crippen LogP contribution in [0.5, 0.6) is 11.5 Å². The summed E-state index contributed by atoms with van der Waals surface area (Å²) >= 11 is 0. The van der Waals surface area contributed by atoms with Gasteiger partial charge in [0.25, 0.3) is 0 Å². The molecule has 0 aliphatic heterocycles. The molecule has 8 heteroatoms. The summed E-state index contributed by atoms with van der Waals surface area (Å²) in [5.41, 5.74) is 2.00. The summed E-state index contributed by atoms with van der Waals surface area (Å²) in [6.07, 6.45) is -3.34. The molecular formula is C34H28O8. The van der Waals surface area contributed by atoms with Crippen LogP contribution in [-0.2, 0) is 31.9 Å². The van der Waals surface area contributed by atoms with E-state index in [1.165, 1.54) is 48.5 Å². The third-order valence-corrected chi connectivity index (χ3v) is 6.79. The van der Waals surface area contributed by atoms with Crippen LogP contribution in [-0.4, -0.2) is 44.6 Å². The van der Waals surface area contributed by atoms with E-state index >= 15 is 0 Å². The van der Waals surface area contributed by atoms with E-state index in [9.17, 15) is 30.0 Å². The molecule has 4 aromatic rings. The average molecular weight is 565 g/mol. The third-order valence-electron chi connectivity index (χ3n) is 6.79. The maximum Gasteiger partial charge on any atom is 0.315 e. The first-order valence-electron chi connectivity index (χ1n) is 13.2. The number of carbonyl (C=O) groups excluding carboxylic acids is 2. The van der Waals surface area contributed by atoms with Gasteiger partial charge in [0.05, 0.1) is 12.8 Å². The van der Waals surface area contributed by atoms with Gasteiger partial charge in [0.15, 0.2) is 6.10 Å². The van der Waals surface area contributed by atoms with Gasteiger partial charge < -0.3 is 29.9 Å². The van der Waals surface area contributed by atoms with E-state index in [4.69, 9.17) is 9.47 Å². The molecule has 0 fully saturated rings. The predicted octanol–water partition coefficient (Wildman–Crippen LogP) is 5.09. The van der Waals surface area contributed by atoms with Gasteiger partial charge in [0, 0.05) is 11.1 Å². The van der Waals surface area contributed by atoms with Crippen molar-refractivity contribution in [3.05, 3.63) is 143 Å². The van der Waals surface area contributed by atoms with Crippen molar-refractivity contribution in [2.45, 2.75) is 25.0 Å². The van der Waals surface area contributed by atoms with Crippen molar-refractivity contribution in [2.75, 3.05) is 0 Å². The zero-order valence-corrected chi connectivity index (χ0v) is 22.4. The van der Waals surface area contributed by atoms with E-state index < -0.39 is 29.9 Å². The summed E-state index contributed by atoms with van der Waals surface area (Å²) in [6, 6.07) is 29.3. The molecule has 0 bridgehead atoms. The minimum Gasteiger partial charge on any atom is -0.508 e. The summed E-state index contributed by atoms with van der Waals surface area (Å²) in [7, 11) is 0. The lowest BCUT2D eigenvalue weighted by Gasteiger charge is -2.33. The zero-order chi connectivity index (χ0) is 29.6. The standard InChI is InChI=1S/C34H28O8/c35-25-15-11-23(12-16-25)29-31(39)33(41-27(37)19-21-7-3-1-4-8-21)30(24-13-17-26(36)18-14-24)34(32(29)40)42-28(38)20-22-9-5-2-6-10-22/h1-18,31,34-36,39-40H,19-20H2. The molecule has 42 heavy (non-hydrogen) atoms. The number of ether oxygens (including phenoxy) is 2. The summed E-state index contributed by atoms with van der Waals surface area (Å²) in [6.45, 7) is 0. The average Bonchev–Trinajstić information content (AvgIpc) is 2.98. The number of rotatable bonds is 8. The predicted molar refractivity (Wildman–Crippen MR) is 155 cm³/mol. The number of aliphatic hydroxyl groups excluding tert-OH is 2. The lowest BCUT2D eigenvalue weighted by molar-refractivity contribution is -0.145. The van der Waals surface area contributed by atoms with Gasteiger partial charge in [-0.1, -0.05) is 84.9 Å². The van der Waals surface area contributed by atoms with Gasteiger partial charge in [0.1, 0.15) is 29.1 Å². The second-order valence-electron chi connectivity index (χ2n) is 9.74. The highest BCUT2D eigenvalue weighted by atomic mass is 16.6. The number of aromatic hydroxyl groups is 2. The van der Waals surface area contributed by atoms with Crippen LogP contribution in [0, 0.1) is 0 Å². The van der Waals surface area contributed by atoms with Crippen LogP contribution < -0.4 is 0 Å². The van der Waals surface area contributed by atoms with Gasteiger partial charge in [-0.05, 0) is 46.5 Å². The van der Waals surface area contributed by atoms with Gasteiger partial charge in [-0.25, -0.2) is 0 Å². The lowest BCUT2D eigenvalue weighted by atomic mass is 9.84. The first kappa shape index (κ1) is 28.2. The van der Waals surface area contributed by atoms with Gasteiger partial charge >= 0.3 is 11.9 Å². The van der Waals surface area contributed by atoms with Crippen molar-refractivity contribution in [3.63, 3.8) is 0 Å². The van der Waals surface area contributed by atoms with Crippen LogP contribution in [0.15, 0.2) is 121 Å². The first-order chi connectivity index (χ1) is 20.3. The number of benzene rings is 4. The fourth-order valence-electron chi connectivity index (χ4n) is 4.79. The number of phenols is 2. The topological polar surface area (TPSA) is 134 Å². The molecule has 0 radical (unpaired) electrons. The minimum absolute atomic E-state index is 0.0372. The highest BCUT2D eigenvalue weighted by Gasteiger charge is 2.41. The Morgan fingerprint density at radius 2 is 1.05 bits per heavy atom. The van der Waals surface area contributed by atoms with E-state index in [1.54, 1.807) is 48.5 Å². The Balaban J connectivity index is 1.61. The molecular weight excluding hydrogens is 536 g/mol. The van der Waals surface area contributed by atoms with E-state index in [0.717, 1.165) is 0 Å². The molecule has 4 N–H and O–H groups in total. The molecule has 1 aliphatic rings. The largest absolute Gasteiger partial charge is 0.508 e. The minimum atomic E-state index is -1.65. The van der Waals surface area contributed by atoms with Crippen molar-refractivity contribution in [3.8, 4) is 11.5 Å². The Hall–Kier alpha value is -5.34. The lowest BCUT2D eigenvalue weighted by Crippen LogP contribution is -2.34. The molecule has 5 rings (SSSR count). The normalized spacial score (nSPS) is 16.7. The molecule has 8 nitrogen and oxygen atoms in total. The van der Waals surface area contributed by atoms with Gasteiger partial charge in [0.2, 0.25) is 0 Å². The monoisotopic (exact) mass is 564 g/mol. The highest BCUT2D eigenvalue weighted by Crippen LogP contribution is 2.42. The number of aliphatic hydroxyl groups is 2. The summed E-state index contributed by atoms with van der Waals surface area (Å²) < 4.78 is 11.6. The number of phenolic OH excluding ortho intramolecular Hbond substituents is 2. The quantitative estimate of drug-likeness (QED) is 0.218. The van der Waals surface area contributed by atoms with Crippen LogP contribution in [0.4, 0.5) is 0 Å². The molecule has 0 aromatic heterocycles. The van der Waals surface area contributed by atoms with Gasteiger partial charge in [-0.15, -0.1) is 0 Å². The van der Waals surface area contributed by atoms with Crippen LogP contribution in [0.3, 0.4) is 0 Å². The smallest absolute Gasteiger partial charge is 0.315 e.